The van der Waals surface area contributed by atoms with Crippen molar-refractivity contribution in [2.75, 3.05) is 18.0 Å². The smallest absolute Gasteiger partial charge is 0.352 e. The Hall–Kier alpha value is -2.89. The van der Waals surface area contributed by atoms with Crippen LogP contribution in [-0.4, -0.2) is 38.7 Å². The van der Waals surface area contributed by atoms with Gasteiger partial charge in [0.15, 0.2) is 0 Å². The Morgan fingerprint density at radius 3 is 2.56 bits per heavy atom. The molecule has 0 amide bonds. The Labute approximate surface area is 145 Å². The highest BCUT2D eigenvalue weighted by Gasteiger charge is 2.22. The van der Waals surface area contributed by atoms with E-state index in [0.29, 0.717) is 12.2 Å². The molecular formula is C19H20N4O2. The number of anilines is 1. The second kappa shape index (κ2) is 6.55. The SMILES string of the molecule is O=C(O)c1cc2c(N3CCCCC3)ncnc2n1Cc1ccccc1. The molecule has 128 valence electrons. The van der Waals surface area contributed by atoms with Gasteiger partial charge in [0, 0.05) is 19.6 Å². The molecule has 1 N–H and O–H groups in total. The summed E-state index contributed by atoms with van der Waals surface area (Å²) < 4.78 is 1.77. The predicted molar refractivity (Wildman–Crippen MR) is 96.1 cm³/mol. The minimum atomic E-state index is -0.946. The molecule has 1 aromatic carbocycles. The first-order valence-electron chi connectivity index (χ1n) is 8.60. The molecule has 0 aliphatic carbocycles. The average molecular weight is 336 g/mol. The third-order valence-corrected chi connectivity index (χ3v) is 4.73. The highest BCUT2D eigenvalue weighted by Crippen LogP contribution is 2.29. The maximum atomic E-state index is 11.8. The van der Waals surface area contributed by atoms with Gasteiger partial charge in [-0.2, -0.15) is 0 Å². The number of carboxylic acid groups (broad SMARTS) is 1. The lowest BCUT2D eigenvalue weighted by Gasteiger charge is -2.28. The standard InChI is InChI=1S/C19H20N4O2/c24-19(25)16-11-15-17(22-9-5-2-6-10-22)20-13-21-18(15)23(16)12-14-7-3-1-4-8-14/h1,3-4,7-8,11,13H,2,5-6,9-10,12H2,(H,24,25). The van der Waals surface area contributed by atoms with Crippen LogP contribution in [0.2, 0.25) is 0 Å². The molecule has 3 heterocycles. The highest BCUT2D eigenvalue weighted by atomic mass is 16.4. The fraction of sp³-hybridized carbons (Fsp3) is 0.316. The van der Waals surface area contributed by atoms with Crippen molar-refractivity contribution in [1.82, 2.24) is 14.5 Å². The van der Waals surface area contributed by atoms with Gasteiger partial charge in [-0.25, -0.2) is 14.8 Å². The quantitative estimate of drug-likeness (QED) is 0.792. The van der Waals surface area contributed by atoms with Gasteiger partial charge >= 0.3 is 5.97 Å². The number of nitrogens with zero attached hydrogens (tertiary/aromatic N) is 4. The molecule has 1 aliphatic heterocycles. The van der Waals surface area contributed by atoms with Crippen LogP contribution >= 0.6 is 0 Å². The number of carbonyl (C=O) groups is 1. The van der Waals surface area contributed by atoms with Gasteiger partial charge in [0.1, 0.15) is 23.5 Å². The van der Waals surface area contributed by atoms with E-state index in [9.17, 15) is 9.90 Å². The third kappa shape index (κ3) is 2.95. The van der Waals surface area contributed by atoms with E-state index in [-0.39, 0.29) is 5.69 Å². The molecule has 25 heavy (non-hydrogen) atoms. The molecule has 0 bridgehead atoms. The lowest BCUT2D eigenvalue weighted by molar-refractivity contribution is 0.0686. The molecular weight excluding hydrogens is 316 g/mol. The molecule has 2 aromatic heterocycles. The van der Waals surface area contributed by atoms with Crippen LogP contribution in [0.15, 0.2) is 42.7 Å². The van der Waals surface area contributed by atoms with Crippen LogP contribution in [0, 0.1) is 0 Å². The molecule has 0 saturated carbocycles. The van der Waals surface area contributed by atoms with Crippen molar-refractivity contribution in [2.24, 2.45) is 0 Å². The normalized spacial score (nSPS) is 14.8. The molecule has 0 atom stereocenters. The van der Waals surface area contributed by atoms with Crippen LogP contribution in [0.5, 0.6) is 0 Å². The number of hydrogen-bond donors (Lipinski definition) is 1. The fourth-order valence-electron chi connectivity index (χ4n) is 3.51. The number of aromatic nitrogens is 3. The maximum absolute atomic E-state index is 11.8. The van der Waals surface area contributed by atoms with Crippen molar-refractivity contribution in [3.8, 4) is 0 Å². The number of rotatable bonds is 4. The van der Waals surface area contributed by atoms with Crippen molar-refractivity contribution in [2.45, 2.75) is 25.8 Å². The Morgan fingerprint density at radius 2 is 1.84 bits per heavy atom. The lowest BCUT2D eigenvalue weighted by Crippen LogP contribution is -2.30. The van der Waals surface area contributed by atoms with E-state index in [1.165, 1.54) is 6.42 Å². The summed E-state index contributed by atoms with van der Waals surface area (Å²) in [4.78, 5) is 22.9. The summed E-state index contributed by atoms with van der Waals surface area (Å²) in [6.07, 6.45) is 5.06. The van der Waals surface area contributed by atoms with E-state index in [1.54, 1.807) is 17.0 Å². The Balaban J connectivity index is 1.83. The van der Waals surface area contributed by atoms with Gasteiger partial charge in [0.25, 0.3) is 0 Å². The molecule has 1 aliphatic rings. The summed E-state index contributed by atoms with van der Waals surface area (Å²) in [5, 5.41) is 10.5. The molecule has 6 heteroatoms. The Bertz CT molecular complexity index is 898. The first-order chi connectivity index (χ1) is 12.2. The number of piperidine rings is 1. The number of carboxylic acids is 1. The summed E-state index contributed by atoms with van der Waals surface area (Å²) in [5.74, 6) is -0.0995. The van der Waals surface area contributed by atoms with Crippen molar-refractivity contribution >= 4 is 22.8 Å². The van der Waals surface area contributed by atoms with Crippen LogP contribution < -0.4 is 4.90 Å². The molecule has 0 radical (unpaired) electrons. The highest BCUT2D eigenvalue weighted by molar-refractivity contribution is 5.97. The summed E-state index contributed by atoms with van der Waals surface area (Å²) in [7, 11) is 0. The van der Waals surface area contributed by atoms with E-state index >= 15 is 0 Å². The molecule has 1 fully saturated rings. The predicted octanol–water partition coefficient (Wildman–Crippen LogP) is 3.17. The van der Waals surface area contributed by atoms with Crippen LogP contribution in [0.4, 0.5) is 5.82 Å². The minimum Gasteiger partial charge on any atom is -0.477 e. The van der Waals surface area contributed by atoms with Crippen LogP contribution in [0.1, 0.15) is 35.3 Å². The average Bonchev–Trinajstić information content (AvgIpc) is 3.02. The number of hydrogen-bond acceptors (Lipinski definition) is 4. The minimum absolute atomic E-state index is 0.248. The van der Waals surface area contributed by atoms with Crippen molar-refractivity contribution in [1.29, 1.82) is 0 Å². The van der Waals surface area contributed by atoms with Gasteiger partial charge in [-0.3, -0.25) is 0 Å². The first kappa shape index (κ1) is 15.6. The van der Waals surface area contributed by atoms with Gasteiger partial charge in [0.05, 0.1) is 5.39 Å². The third-order valence-electron chi connectivity index (χ3n) is 4.73. The summed E-state index contributed by atoms with van der Waals surface area (Å²) in [6, 6.07) is 11.6. The monoisotopic (exact) mass is 336 g/mol. The zero-order valence-electron chi connectivity index (χ0n) is 13.9. The molecule has 1 saturated heterocycles. The second-order valence-electron chi connectivity index (χ2n) is 6.39. The summed E-state index contributed by atoms with van der Waals surface area (Å²) >= 11 is 0. The van der Waals surface area contributed by atoms with E-state index in [2.05, 4.69) is 14.9 Å². The van der Waals surface area contributed by atoms with Crippen molar-refractivity contribution in [3.05, 3.63) is 54.0 Å². The first-order valence-corrected chi connectivity index (χ1v) is 8.60. The Kier molecular flexibility index (Phi) is 4.09. The van der Waals surface area contributed by atoms with Gasteiger partial charge in [-0.1, -0.05) is 30.3 Å². The summed E-state index contributed by atoms with van der Waals surface area (Å²) in [5.41, 5.74) is 1.97. The summed E-state index contributed by atoms with van der Waals surface area (Å²) in [6.45, 7) is 2.39. The Morgan fingerprint density at radius 1 is 1.08 bits per heavy atom. The molecule has 0 unspecified atom stereocenters. The zero-order chi connectivity index (χ0) is 17.2. The number of benzene rings is 1. The molecule has 3 aromatic rings. The van der Waals surface area contributed by atoms with E-state index in [1.807, 2.05) is 30.3 Å². The van der Waals surface area contributed by atoms with Crippen molar-refractivity contribution in [3.63, 3.8) is 0 Å². The molecule has 6 nitrogen and oxygen atoms in total. The largest absolute Gasteiger partial charge is 0.477 e. The fourth-order valence-corrected chi connectivity index (χ4v) is 3.51. The van der Waals surface area contributed by atoms with Gasteiger partial charge in [-0.05, 0) is 30.9 Å². The van der Waals surface area contributed by atoms with Crippen LogP contribution in [0.25, 0.3) is 11.0 Å². The topological polar surface area (TPSA) is 71.2 Å². The zero-order valence-corrected chi connectivity index (χ0v) is 13.9. The number of fused-ring (bicyclic) bond motifs is 1. The van der Waals surface area contributed by atoms with E-state index < -0.39 is 5.97 Å². The lowest BCUT2D eigenvalue weighted by atomic mass is 10.1. The van der Waals surface area contributed by atoms with Crippen LogP contribution in [-0.2, 0) is 6.54 Å². The van der Waals surface area contributed by atoms with Gasteiger partial charge in [0.2, 0.25) is 0 Å². The van der Waals surface area contributed by atoms with Crippen molar-refractivity contribution < 1.29 is 9.90 Å². The van der Waals surface area contributed by atoms with Gasteiger partial charge < -0.3 is 14.6 Å². The number of aromatic carboxylic acids is 1. The van der Waals surface area contributed by atoms with Crippen LogP contribution in [0.3, 0.4) is 0 Å². The molecule has 0 spiro atoms. The van der Waals surface area contributed by atoms with E-state index in [4.69, 9.17) is 0 Å². The molecule has 4 rings (SSSR count). The maximum Gasteiger partial charge on any atom is 0.352 e. The van der Waals surface area contributed by atoms with E-state index in [0.717, 1.165) is 42.7 Å². The second-order valence-corrected chi connectivity index (χ2v) is 6.39. The van der Waals surface area contributed by atoms with Gasteiger partial charge in [-0.15, -0.1) is 0 Å².